The lowest BCUT2D eigenvalue weighted by atomic mass is 10.4. The minimum atomic E-state index is 0.132. The molecule has 0 unspecified atom stereocenters. The van der Waals surface area contributed by atoms with E-state index in [0.717, 1.165) is 9.35 Å². The first-order valence-electron chi connectivity index (χ1n) is 3.67. The smallest absolute Gasteiger partial charge is 0.225 e. The zero-order chi connectivity index (χ0) is 10.1. The SMILES string of the molecule is Nc1nc(N)nc(-c2sccc2Br)n1. The molecule has 72 valence electrons. The van der Waals surface area contributed by atoms with Crippen LogP contribution in [-0.2, 0) is 0 Å². The molecular weight excluding hydrogens is 266 g/mol. The minimum Gasteiger partial charge on any atom is -0.368 e. The number of hydrogen-bond acceptors (Lipinski definition) is 6. The molecule has 14 heavy (non-hydrogen) atoms. The second-order valence-electron chi connectivity index (χ2n) is 2.47. The van der Waals surface area contributed by atoms with Crippen molar-refractivity contribution in [2.24, 2.45) is 0 Å². The standard InChI is InChI=1S/C7H6BrN5S/c8-3-1-2-14-4(3)5-11-6(9)13-7(10)12-5/h1-2H,(H4,9,10,11,12,13). The molecule has 4 N–H and O–H groups in total. The van der Waals surface area contributed by atoms with Crippen molar-refractivity contribution in [1.82, 2.24) is 15.0 Å². The molecule has 5 nitrogen and oxygen atoms in total. The number of nitrogens with zero attached hydrogens (tertiary/aromatic N) is 3. The summed E-state index contributed by atoms with van der Waals surface area (Å²) in [5.41, 5.74) is 10.9. The monoisotopic (exact) mass is 271 g/mol. The van der Waals surface area contributed by atoms with E-state index < -0.39 is 0 Å². The molecule has 0 aliphatic heterocycles. The number of rotatable bonds is 1. The van der Waals surface area contributed by atoms with Crippen molar-refractivity contribution in [3.05, 3.63) is 15.9 Å². The largest absolute Gasteiger partial charge is 0.368 e. The molecule has 2 heterocycles. The molecule has 0 spiro atoms. The molecule has 0 fully saturated rings. The molecule has 0 radical (unpaired) electrons. The normalized spacial score (nSPS) is 10.4. The van der Waals surface area contributed by atoms with E-state index in [0.29, 0.717) is 5.82 Å². The molecule has 7 heteroatoms. The summed E-state index contributed by atoms with van der Waals surface area (Å²) in [4.78, 5) is 12.6. The van der Waals surface area contributed by atoms with E-state index in [1.54, 1.807) is 0 Å². The van der Waals surface area contributed by atoms with E-state index in [2.05, 4.69) is 30.9 Å². The third kappa shape index (κ3) is 1.68. The Bertz CT molecular complexity index is 449. The first-order chi connectivity index (χ1) is 6.66. The lowest BCUT2D eigenvalue weighted by molar-refractivity contribution is 1.09. The van der Waals surface area contributed by atoms with Gasteiger partial charge in [0.25, 0.3) is 0 Å². The number of hydrogen-bond donors (Lipinski definition) is 2. The average Bonchev–Trinajstić information content (AvgIpc) is 2.49. The van der Waals surface area contributed by atoms with Gasteiger partial charge in [0.2, 0.25) is 11.9 Å². The maximum absolute atomic E-state index is 5.46. The first kappa shape index (κ1) is 9.35. The molecule has 0 atom stereocenters. The van der Waals surface area contributed by atoms with Gasteiger partial charge in [-0.1, -0.05) is 0 Å². The number of anilines is 2. The van der Waals surface area contributed by atoms with Crippen LogP contribution >= 0.6 is 27.3 Å². The Hall–Kier alpha value is -1.21. The van der Waals surface area contributed by atoms with E-state index in [9.17, 15) is 0 Å². The number of nitrogen functional groups attached to an aromatic ring is 2. The molecule has 0 aliphatic carbocycles. The first-order valence-corrected chi connectivity index (χ1v) is 5.34. The molecule has 0 saturated heterocycles. The van der Waals surface area contributed by atoms with Crippen molar-refractivity contribution in [1.29, 1.82) is 0 Å². The molecule has 0 aromatic carbocycles. The van der Waals surface area contributed by atoms with Crippen molar-refractivity contribution in [3.8, 4) is 10.7 Å². The highest BCUT2D eigenvalue weighted by atomic mass is 79.9. The van der Waals surface area contributed by atoms with Crippen LogP contribution in [-0.4, -0.2) is 15.0 Å². The van der Waals surface area contributed by atoms with Gasteiger partial charge in [0.05, 0.1) is 4.88 Å². The van der Waals surface area contributed by atoms with Crippen LogP contribution in [0.3, 0.4) is 0 Å². The van der Waals surface area contributed by atoms with E-state index in [1.807, 2.05) is 11.4 Å². The number of nitrogens with two attached hydrogens (primary N) is 2. The summed E-state index contributed by atoms with van der Waals surface area (Å²) in [5, 5.41) is 1.93. The Morgan fingerprint density at radius 1 is 1.14 bits per heavy atom. The highest BCUT2D eigenvalue weighted by molar-refractivity contribution is 9.10. The van der Waals surface area contributed by atoms with Gasteiger partial charge in [-0.05, 0) is 27.4 Å². The fraction of sp³-hybridized carbons (Fsp3) is 0. The summed E-state index contributed by atoms with van der Waals surface area (Å²) >= 11 is 4.89. The summed E-state index contributed by atoms with van der Waals surface area (Å²) in [5.74, 6) is 0.762. The van der Waals surface area contributed by atoms with Crippen LogP contribution in [0.25, 0.3) is 10.7 Å². The van der Waals surface area contributed by atoms with E-state index in [-0.39, 0.29) is 11.9 Å². The van der Waals surface area contributed by atoms with Crippen molar-refractivity contribution in [2.75, 3.05) is 11.5 Å². The third-order valence-corrected chi connectivity index (χ3v) is 3.32. The zero-order valence-corrected chi connectivity index (χ0v) is 9.34. The predicted molar refractivity (Wildman–Crippen MR) is 59.7 cm³/mol. The van der Waals surface area contributed by atoms with Gasteiger partial charge in [0.1, 0.15) is 0 Å². The summed E-state index contributed by atoms with van der Waals surface area (Å²) in [6.45, 7) is 0. The summed E-state index contributed by atoms with van der Waals surface area (Å²) in [6, 6.07) is 1.91. The van der Waals surface area contributed by atoms with Crippen LogP contribution < -0.4 is 11.5 Å². The van der Waals surface area contributed by atoms with Gasteiger partial charge in [0, 0.05) is 4.47 Å². The molecule has 0 saturated carbocycles. The second kappa shape index (κ2) is 3.50. The van der Waals surface area contributed by atoms with Gasteiger partial charge in [-0.15, -0.1) is 11.3 Å². The summed E-state index contributed by atoms with van der Waals surface area (Å²) in [7, 11) is 0. The maximum Gasteiger partial charge on any atom is 0.225 e. The molecule has 0 bridgehead atoms. The second-order valence-corrected chi connectivity index (χ2v) is 4.24. The highest BCUT2D eigenvalue weighted by Gasteiger charge is 2.09. The highest BCUT2D eigenvalue weighted by Crippen LogP contribution is 2.31. The molecule has 2 aromatic heterocycles. The summed E-state index contributed by atoms with van der Waals surface area (Å²) in [6.07, 6.45) is 0. The Balaban J connectivity index is 2.57. The Kier molecular flexibility index (Phi) is 2.34. The Morgan fingerprint density at radius 2 is 1.79 bits per heavy atom. The molecule has 2 aromatic rings. The molecule has 2 rings (SSSR count). The van der Waals surface area contributed by atoms with E-state index in [1.165, 1.54) is 11.3 Å². The van der Waals surface area contributed by atoms with Crippen LogP contribution in [0, 0.1) is 0 Å². The summed E-state index contributed by atoms with van der Waals surface area (Å²) < 4.78 is 0.924. The zero-order valence-electron chi connectivity index (χ0n) is 6.94. The maximum atomic E-state index is 5.46. The Morgan fingerprint density at radius 3 is 2.29 bits per heavy atom. The number of halogens is 1. The number of aromatic nitrogens is 3. The van der Waals surface area contributed by atoms with E-state index >= 15 is 0 Å². The topological polar surface area (TPSA) is 90.7 Å². The van der Waals surface area contributed by atoms with Crippen molar-refractivity contribution in [2.45, 2.75) is 0 Å². The van der Waals surface area contributed by atoms with Gasteiger partial charge in [-0.25, -0.2) is 0 Å². The Labute approximate surface area is 92.3 Å². The number of thiophene rings is 1. The van der Waals surface area contributed by atoms with Gasteiger partial charge in [-0.2, -0.15) is 15.0 Å². The fourth-order valence-corrected chi connectivity index (χ4v) is 2.45. The van der Waals surface area contributed by atoms with Crippen molar-refractivity contribution < 1.29 is 0 Å². The third-order valence-electron chi connectivity index (χ3n) is 1.49. The van der Waals surface area contributed by atoms with Crippen LogP contribution in [0.1, 0.15) is 0 Å². The van der Waals surface area contributed by atoms with Crippen LogP contribution in [0.5, 0.6) is 0 Å². The average molecular weight is 272 g/mol. The van der Waals surface area contributed by atoms with Gasteiger partial charge < -0.3 is 11.5 Å². The van der Waals surface area contributed by atoms with Crippen LogP contribution in [0.2, 0.25) is 0 Å². The van der Waals surface area contributed by atoms with Crippen LogP contribution in [0.4, 0.5) is 11.9 Å². The van der Waals surface area contributed by atoms with E-state index in [4.69, 9.17) is 11.5 Å². The lowest BCUT2D eigenvalue weighted by Gasteiger charge is -1.99. The molecule has 0 aliphatic rings. The van der Waals surface area contributed by atoms with Gasteiger partial charge in [-0.3, -0.25) is 0 Å². The quantitative estimate of drug-likeness (QED) is 0.821. The van der Waals surface area contributed by atoms with Gasteiger partial charge in [0.15, 0.2) is 5.82 Å². The predicted octanol–water partition coefficient (Wildman–Crippen LogP) is 1.53. The molecule has 0 amide bonds. The van der Waals surface area contributed by atoms with Crippen molar-refractivity contribution in [3.63, 3.8) is 0 Å². The van der Waals surface area contributed by atoms with Crippen LogP contribution in [0.15, 0.2) is 15.9 Å². The lowest BCUT2D eigenvalue weighted by Crippen LogP contribution is -2.03. The molecular formula is C7H6BrN5S. The minimum absolute atomic E-state index is 0.132. The fourth-order valence-electron chi connectivity index (χ4n) is 0.964. The van der Waals surface area contributed by atoms with Gasteiger partial charge >= 0.3 is 0 Å². The van der Waals surface area contributed by atoms with Crippen molar-refractivity contribution >= 4 is 39.2 Å².